The van der Waals surface area contributed by atoms with Crippen LogP contribution in [0.25, 0.3) is 0 Å². The first-order valence-electron chi connectivity index (χ1n) is 8.81. The minimum atomic E-state index is -2.88. The Kier molecular flexibility index (Phi) is 8.20. The lowest BCUT2D eigenvalue weighted by Crippen LogP contribution is -2.41. The highest BCUT2D eigenvalue weighted by atomic mass is 19.3. The van der Waals surface area contributed by atoms with E-state index in [-0.39, 0.29) is 18.2 Å². The number of guanidine groups is 1. The topological polar surface area (TPSA) is 74.8 Å². The summed E-state index contributed by atoms with van der Waals surface area (Å²) >= 11 is 0. The molecule has 1 amide bonds. The minimum Gasteiger partial charge on any atom is -0.434 e. The van der Waals surface area contributed by atoms with Crippen LogP contribution in [-0.4, -0.2) is 38.6 Å². The van der Waals surface area contributed by atoms with Crippen LogP contribution in [0.3, 0.4) is 0 Å². The van der Waals surface area contributed by atoms with E-state index in [0.29, 0.717) is 30.2 Å². The largest absolute Gasteiger partial charge is 0.434 e. The van der Waals surface area contributed by atoms with Crippen LogP contribution >= 0.6 is 0 Å². The molecule has 2 rings (SSSR count). The molecule has 0 aliphatic carbocycles. The molecule has 0 bridgehead atoms. The van der Waals surface area contributed by atoms with Crippen molar-refractivity contribution >= 4 is 11.9 Å². The summed E-state index contributed by atoms with van der Waals surface area (Å²) in [7, 11) is 1.60. The van der Waals surface area contributed by atoms with Crippen molar-refractivity contribution in [2.24, 2.45) is 4.99 Å². The second-order valence-electron chi connectivity index (χ2n) is 5.96. The van der Waals surface area contributed by atoms with Crippen molar-refractivity contribution < 1.29 is 18.3 Å². The lowest BCUT2D eigenvalue weighted by atomic mass is 10.1. The third-order valence-corrected chi connectivity index (χ3v) is 3.84. The number of carbonyl (C=O) groups is 1. The highest BCUT2D eigenvalue weighted by Crippen LogP contribution is 2.19. The number of amides is 1. The Balaban J connectivity index is 1.77. The van der Waals surface area contributed by atoms with E-state index in [0.717, 1.165) is 5.56 Å². The number of hydrogen-bond donors (Lipinski definition) is 3. The summed E-state index contributed by atoms with van der Waals surface area (Å²) in [5.41, 5.74) is 2.21. The number of rotatable bonds is 8. The molecule has 2 aromatic rings. The molecule has 0 saturated carbocycles. The van der Waals surface area contributed by atoms with Crippen molar-refractivity contribution in [3.05, 3.63) is 65.2 Å². The zero-order valence-electron chi connectivity index (χ0n) is 15.8. The maximum absolute atomic E-state index is 12.5. The van der Waals surface area contributed by atoms with E-state index in [4.69, 9.17) is 0 Å². The number of carbonyl (C=O) groups excluding carboxylic acids is 1. The molecule has 0 unspecified atom stereocenters. The number of nitrogens with zero attached hydrogens (tertiary/aromatic N) is 1. The molecule has 150 valence electrons. The second kappa shape index (κ2) is 10.9. The van der Waals surface area contributed by atoms with Crippen LogP contribution in [0.1, 0.15) is 21.5 Å². The summed E-state index contributed by atoms with van der Waals surface area (Å²) in [6.07, 6.45) is 0. The van der Waals surface area contributed by atoms with E-state index in [9.17, 15) is 13.6 Å². The summed E-state index contributed by atoms with van der Waals surface area (Å²) in [6.45, 7) is 0.164. The maximum atomic E-state index is 12.5. The van der Waals surface area contributed by atoms with Crippen LogP contribution < -0.4 is 20.7 Å². The third-order valence-electron chi connectivity index (χ3n) is 3.84. The molecule has 0 spiro atoms. The number of benzene rings is 2. The minimum absolute atomic E-state index is 0.117. The van der Waals surface area contributed by atoms with Gasteiger partial charge in [-0.2, -0.15) is 8.78 Å². The van der Waals surface area contributed by atoms with Crippen molar-refractivity contribution in [1.82, 2.24) is 16.0 Å². The predicted octanol–water partition coefficient (Wildman–Crippen LogP) is 2.69. The quantitative estimate of drug-likeness (QED) is 0.368. The molecule has 0 fully saturated rings. The molecule has 0 aliphatic rings. The van der Waals surface area contributed by atoms with Gasteiger partial charge in [-0.25, -0.2) is 0 Å². The number of hydrogen-bond acceptors (Lipinski definition) is 3. The molecule has 0 aliphatic heterocycles. The van der Waals surface area contributed by atoms with Gasteiger partial charge in [-0.05, 0) is 25.1 Å². The van der Waals surface area contributed by atoms with Gasteiger partial charge in [0.25, 0.3) is 5.91 Å². The van der Waals surface area contributed by atoms with Crippen molar-refractivity contribution in [2.45, 2.75) is 20.1 Å². The standard InChI is InChI=1S/C20H24F2N4O2/c1-14-6-5-8-15(12-14)18(27)24-10-11-25-20(23-2)26-13-16-7-3-4-9-17(16)28-19(21)22/h3-9,12,19H,10-11,13H2,1-2H3,(H,24,27)(H2,23,25,26). The van der Waals surface area contributed by atoms with Gasteiger partial charge in [0, 0.05) is 37.8 Å². The first kappa shape index (κ1) is 21.1. The molecule has 0 radical (unpaired) electrons. The number of aliphatic imine (C=N–C) groups is 1. The average Bonchev–Trinajstić information content (AvgIpc) is 2.68. The maximum Gasteiger partial charge on any atom is 0.387 e. The summed E-state index contributed by atoms with van der Waals surface area (Å²) in [5.74, 6) is 0.453. The van der Waals surface area contributed by atoms with E-state index < -0.39 is 6.61 Å². The zero-order chi connectivity index (χ0) is 20.4. The highest BCUT2D eigenvalue weighted by Gasteiger charge is 2.09. The van der Waals surface area contributed by atoms with E-state index in [1.54, 1.807) is 31.3 Å². The normalized spacial score (nSPS) is 11.2. The molecule has 0 aromatic heterocycles. The molecule has 3 N–H and O–H groups in total. The fourth-order valence-electron chi connectivity index (χ4n) is 2.51. The van der Waals surface area contributed by atoms with Gasteiger partial charge in [-0.3, -0.25) is 9.79 Å². The number of nitrogens with one attached hydrogen (secondary N) is 3. The highest BCUT2D eigenvalue weighted by molar-refractivity contribution is 5.94. The van der Waals surface area contributed by atoms with E-state index in [1.165, 1.54) is 6.07 Å². The number of halogens is 2. The predicted molar refractivity (Wildman–Crippen MR) is 105 cm³/mol. The van der Waals surface area contributed by atoms with Gasteiger partial charge in [0.1, 0.15) is 5.75 Å². The molecule has 0 heterocycles. The van der Waals surface area contributed by atoms with Crippen LogP contribution in [-0.2, 0) is 6.54 Å². The summed E-state index contributed by atoms with van der Waals surface area (Å²) in [5, 5.41) is 8.90. The molecule has 6 nitrogen and oxygen atoms in total. The van der Waals surface area contributed by atoms with Gasteiger partial charge in [-0.15, -0.1) is 0 Å². The zero-order valence-corrected chi connectivity index (χ0v) is 15.8. The first-order valence-corrected chi connectivity index (χ1v) is 8.81. The van der Waals surface area contributed by atoms with Crippen molar-refractivity contribution in [3.8, 4) is 5.75 Å². The van der Waals surface area contributed by atoms with Crippen LogP contribution in [0.2, 0.25) is 0 Å². The van der Waals surface area contributed by atoms with Crippen molar-refractivity contribution in [2.75, 3.05) is 20.1 Å². The Morgan fingerprint density at radius 3 is 2.54 bits per heavy atom. The Bertz CT molecular complexity index is 812. The van der Waals surface area contributed by atoms with Crippen LogP contribution in [0.5, 0.6) is 5.75 Å². The third kappa shape index (κ3) is 6.86. The van der Waals surface area contributed by atoms with Crippen molar-refractivity contribution in [3.63, 3.8) is 0 Å². The lowest BCUT2D eigenvalue weighted by Gasteiger charge is -2.14. The number of aryl methyl sites for hydroxylation is 1. The van der Waals surface area contributed by atoms with Crippen LogP contribution in [0.4, 0.5) is 8.78 Å². The van der Waals surface area contributed by atoms with E-state index in [2.05, 4.69) is 25.7 Å². The van der Waals surface area contributed by atoms with Gasteiger partial charge in [0.05, 0.1) is 0 Å². The molecule has 0 atom stereocenters. The molecule has 2 aromatic carbocycles. The molecule has 28 heavy (non-hydrogen) atoms. The second-order valence-corrected chi connectivity index (χ2v) is 5.96. The van der Waals surface area contributed by atoms with Gasteiger partial charge >= 0.3 is 6.61 Å². The summed E-state index contributed by atoms with van der Waals surface area (Å²) in [4.78, 5) is 16.2. The van der Waals surface area contributed by atoms with E-state index in [1.807, 2.05) is 25.1 Å². The fraction of sp³-hybridized carbons (Fsp3) is 0.300. The van der Waals surface area contributed by atoms with E-state index >= 15 is 0 Å². The number of ether oxygens (including phenoxy) is 1. The Morgan fingerprint density at radius 2 is 1.82 bits per heavy atom. The number of alkyl halides is 2. The Labute approximate surface area is 163 Å². The van der Waals surface area contributed by atoms with Gasteiger partial charge in [0.2, 0.25) is 0 Å². The smallest absolute Gasteiger partial charge is 0.387 e. The first-order chi connectivity index (χ1) is 13.5. The monoisotopic (exact) mass is 390 g/mol. The average molecular weight is 390 g/mol. The summed E-state index contributed by atoms with van der Waals surface area (Å²) < 4.78 is 29.4. The lowest BCUT2D eigenvalue weighted by molar-refractivity contribution is -0.0504. The molecule has 0 saturated heterocycles. The van der Waals surface area contributed by atoms with Crippen molar-refractivity contribution in [1.29, 1.82) is 0 Å². The Hall–Kier alpha value is -3.16. The number of para-hydroxylation sites is 1. The fourth-order valence-corrected chi connectivity index (χ4v) is 2.51. The van der Waals surface area contributed by atoms with Gasteiger partial charge < -0.3 is 20.7 Å². The molecular weight excluding hydrogens is 366 g/mol. The SMILES string of the molecule is CN=C(NCCNC(=O)c1cccc(C)c1)NCc1ccccc1OC(F)F. The summed E-state index contributed by atoms with van der Waals surface area (Å²) in [6, 6.07) is 13.9. The van der Waals surface area contributed by atoms with Gasteiger partial charge in [0.15, 0.2) is 5.96 Å². The van der Waals surface area contributed by atoms with Gasteiger partial charge in [-0.1, -0.05) is 35.9 Å². The van der Waals surface area contributed by atoms with Crippen LogP contribution in [0, 0.1) is 6.92 Å². The molecular formula is C20H24F2N4O2. The van der Waals surface area contributed by atoms with Crippen LogP contribution in [0.15, 0.2) is 53.5 Å². The Morgan fingerprint density at radius 1 is 1.07 bits per heavy atom. The molecule has 8 heteroatoms.